The van der Waals surface area contributed by atoms with Gasteiger partial charge >= 0.3 is 12.2 Å². The third kappa shape index (κ3) is 11.9. The number of hydrogen-bond donors (Lipinski definition) is 1. The Hall–Kier alpha value is -1.50. The molecule has 0 aromatic rings. The molecule has 0 saturated heterocycles. The number of hydrazine groups is 1. The summed E-state index contributed by atoms with van der Waals surface area (Å²) in [4.78, 5) is 24.3. The highest BCUT2D eigenvalue weighted by Gasteiger charge is 2.25. The van der Waals surface area contributed by atoms with Gasteiger partial charge in [-0.25, -0.2) is 20.0 Å². The molecule has 0 radical (unpaired) electrons. The van der Waals surface area contributed by atoms with Crippen molar-refractivity contribution < 1.29 is 19.1 Å². The summed E-state index contributed by atoms with van der Waals surface area (Å²) in [6.07, 6.45) is 8.13. The topological polar surface area (TPSA) is 67.9 Å². The molecule has 0 fully saturated rings. The standard InChI is InChI=1S/C19H38N2O4Si/c1-7-10-11-12-14-17(15-13-16-26(4,5)6)21(19(23)25-9-3)20-18(22)24-8-2/h13,15,17H,7-12,14,16H2,1-6H3,(H,20,22)/b15-13+. The van der Waals surface area contributed by atoms with E-state index in [1.54, 1.807) is 13.8 Å². The lowest BCUT2D eigenvalue weighted by Gasteiger charge is -2.29. The molecule has 0 rings (SSSR count). The zero-order valence-corrected chi connectivity index (χ0v) is 18.5. The molecule has 2 amide bonds. The van der Waals surface area contributed by atoms with Crippen LogP contribution in [-0.2, 0) is 9.47 Å². The molecule has 152 valence electrons. The normalized spacial score (nSPS) is 12.7. The minimum absolute atomic E-state index is 0.244. The molecule has 0 saturated carbocycles. The van der Waals surface area contributed by atoms with Gasteiger partial charge in [0.05, 0.1) is 19.3 Å². The molecular weight excluding hydrogens is 348 g/mol. The predicted octanol–water partition coefficient (Wildman–Crippen LogP) is 5.34. The number of ether oxygens (including phenoxy) is 2. The first-order valence-electron chi connectivity index (χ1n) is 9.81. The minimum atomic E-state index is -1.22. The summed E-state index contributed by atoms with van der Waals surface area (Å²) < 4.78 is 10.1. The Bertz CT molecular complexity index is 436. The highest BCUT2D eigenvalue weighted by Crippen LogP contribution is 2.15. The van der Waals surface area contributed by atoms with E-state index in [9.17, 15) is 9.59 Å². The molecule has 0 aliphatic carbocycles. The zero-order chi connectivity index (χ0) is 20.0. The maximum Gasteiger partial charge on any atom is 0.429 e. The highest BCUT2D eigenvalue weighted by atomic mass is 28.3. The van der Waals surface area contributed by atoms with Gasteiger partial charge in [-0.1, -0.05) is 64.4 Å². The van der Waals surface area contributed by atoms with E-state index in [1.165, 1.54) is 5.01 Å². The van der Waals surface area contributed by atoms with Crippen molar-refractivity contribution in [2.24, 2.45) is 0 Å². The summed E-state index contributed by atoms with van der Waals surface area (Å²) in [5, 5.41) is 1.27. The molecule has 0 heterocycles. The Labute approximate surface area is 160 Å². The van der Waals surface area contributed by atoms with Gasteiger partial charge in [0.1, 0.15) is 0 Å². The summed E-state index contributed by atoms with van der Waals surface area (Å²) >= 11 is 0. The van der Waals surface area contributed by atoms with Crippen molar-refractivity contribution >= 4 is 20.3 Å². The van der Waals surface area contributed by atoms with Crippen LogP contribution in [0.3, 0.4) is 0 Å². The van der Waals surface area contributed by atoms with Crippen molar-refractivity contribution in [3.63, 3.8) is 0 Å². The summed E-state index contributed by atoms with van der Waals surface area (Å²) in [7, 11) is -1.22. The molecule has 1 atom stereocenters. The number of hydrogen-bond acceptors (Lipinski definition) is 4. The first-order valence-corrected chi connectivity index (χ1v) is 13.5. The molecule has 1 N–H and O–H groups in total. The number of amides is 2. The van der Waals surface area contributed by atoms with Crippen molar-refractivity contribution in [3.8, 4) is 0 Å². The Morgan fingerprint density at radius 2 is 1.69 bits per heavy atom. The summed E-state index contributed by atoms with van der Waals surface area (Å²) in [5.41, 5.74) is 2.55. The van der Waals surface area contributed by atoms with E-state index in [-0.39, 0.29) is 19.3 Å². The van der Waals surface area contributed by atoms with E-state index >= 15 is 0 Å². The number of carbonyl (C=O) groups excluding carboxylic acids is 2. The molecule has 26 heavy (non-hydrogen) atoms. The van der Waals surface area contributed by atoms with E-state index in [0.717, 1.165) is 38.1 Å². The Morgan fingerprint density at radius 1 is 1.04 bits per heavy atom. The van der Waals surface area contributed by atoms with Crippen molar-refractivity contribution in [2.45, 2.75) is 84.6 Å². The van der Waals surface area contributed by atoms with Gasteiger partial charge in [0.2, 0.25) is 0 Å². The van der Waals surface area contributed by atoms with Crippen LogP contribution in [0.5, 0.6) is 0 Å². The number of carbonyl (C=O) groups is 2. The van der Waals surface area contributed by atoms with E-state index in [4.69, 9.17) is 9.47 Å². The maximum absolute atomic E-state index is 12.4. The number of allylic oxidation sites excluding steroid dienone is 1. The molecule has 7 heteroatoms. The third-order valence-electron chi connectivity index (χ3n) is 3.73. The highest BCUT2D eigenvalue weighted by molar-refractivity contribution is 6.76. The smallest absolute Gasteiger partial charge is 0.429 e. The van der Waals surface area contributed by atoms with Crippen LogP contribution in [0.15, 0.2) is 12.2 Å². The fourth-order valence-electron chi connectivity index (χ4n) is 2.39. The van der Waals surface area contributed by atoms with Crippen molar-refractivity contribution in [1.29, 1.82) is 0 Å². The van der Waals surface area contributed by atoms with Crippen LogP contribution in [-0.4, -0.2) is 44.5 Å². The second kappa shape index (κ2) is 13.7. The summed E-state index contributed by atoms with van der Waals surface area (Å²) in [6, 6.07) is 0.779. The number of rotatable bonds is 11. The van der Waals surface area contributed by atoms with Crippen LogP contribution in [0.25, 0.3) is 0 Å². The van der Waals surface area contributed by atoms with Gasteiger partial charge in [0, 0.05) is 8.07 Å². The molecule has 6 nitrogen and oxygen atoms in total. The lowest BCUT2D eigenvalue weighted by atomic mass is 10.1. The van der Waals surface area contributed by atoms with Gasteiger partial charge in [-0.3, -0.25) is 0 Å². The molecule has 0 aliphatic rings. The minimum Gasteiger partial charge on any atom is -0.449 e. The Kier molecular flexibility index (Phi) is 12.9. The first kappa shape index (κ1) is 24.5. The maximum atomic E-state index is 12.4. The van der Waals surface area contributed by atoms with Gasteiger partial charge in [0.15, 0.2) is 0 Å². The number of nitrogens with zero attached hydrogens (tertiary/aromatic N) is 1. The lowest BCUT2D eigenvalue weighted by molar-refractivity contribution is 0.0614. The van der Waals surface area contributed by atoms with E-state index in [0.29, 0.717) is 0 Å². The molecular formula is C19H38N2O4Si. The monoisotopic (exact) mass is 386 g/mol. The Balaban J connectivity index is 5.23. The van der Waals surface area contributed by atoms with Gasteiger partial charge in [-0.2, -0.15) is 0 Å². The van der Waals surface area contributed by atoms with Crippen LogP contribution in [0.4, 0.5) is 9.59 Å². The van der Waals surface area contributed by atoms with Crippen LogP contribution < -0.4 is 5.43 Å². The summed E-state index contributed by atoms with van der Waals surface area (Å²) in [5.74, 6) is 0. The largest absolute Gasteiger partial charge is 0.449 e. The first-order chi connectivity index (χ1) is 12.2. The van der Waals surface area contributed by atoms with E-state index < -0.39 is 20.3 Å². The second-order valence-corrected chi connectivity index (χ2v) is 13.0. The quantitative estimate of drug-likeness (QED) is 0.225. The van der Waals surface area contributed by atoms with Gasteiger partial charge < -0.3 is 9.47 Å². The molecule has 0 aromatic heterocycles. The third-order valence-corrected chi connectivity index (χ3v) is 5.19. The summed E-state index contributed by atoms with van der Waals surface area (Å²) in [6.45, 7) is 13.0. The van der Waals surface area contributed by atoms with E-state index in [2.05, 4.69) is 38.1 Å². The lowest BCUT2D eigenvalue weighted by Crippen LogP contribution is -2.51. The van der Waals surface area contributed by atoms with Gasteiger partial charge in [-0.05, 0) is 26.3 Å². The van der Waals surface area contributed by atoms with Crippen LogP contribution in [0, 0.1) is 0 Å². The second-order valence-electron chi connectivity index (χ2n) is 7.51. The number of unbranched alkanes of at least 4 members (excludes halogenated alkanes) is 3. The molecule has 0 bridgehead atoms. The van der Waals surface area contributed by atoms with Gasteiger partial charge in [0.25, 0.3) is 0 Å². The van der Waals surface area contributed by atoms with Crippen LogP contribution in [0.2, 0.25) is 25.7 Å². The van der Waals surface area contributed by atoms with Crippen molar-refractivity contribution in [3.05, 3.63) is 12.2 Å². The molecule has 0 aliphatic heterocycles. The van der Waals surface area contributed by atoms with Crippen molar-refractivity contribution in [2.75, 3.05) is 13.2 Å². The van der Waals surface area contributed by atoms with Gasteiger partial charge in [-0.15, -0.1) is 0 Å². The van der Waals surface area contributed by atoms with Crippen molar-refractivity contribution in [1.82, 2.24) is 10.4 Å². The zero-order valence-electron chi connectivity index (χ0n) is 17.5. The Morgan fingerprint density at radius 3 is 2.23 bits per heavy atom. The van der Waals surface area contributed by atoms with Crippen LogP contribution in [0.1, 0.15) is 52.9 Å². The van der Waals surface area contributed by atoms with Crippen LogP contribution >= 0.6 is 0 Å². The molecule has 0 aromatic carbocycles. The number of nitrogens with one attached hydrogen (secondary N) is 1. The molecule has 0 spiro atoms. The predicted molar refractivity (Wildman–Crippen MR) is 109 cm³/mol. The fraction of sp³-hybridized carbons (Fsp3) is 0.789. The SMILES string of the molecule is CCCCCCC(/C=C/C[Si](C)(C)C)N(NC(=O)OCC)C(=O)OCC. The molecule has 1 unspecified atom stereocenters. The average Bonchev–Trinajstić information content (AvgIpc) is 2.54. The van der Waals surface area contributed by atoms with E-state index in [1.807, 2.05) is 6.08 Å². The average molecular weight is 387 g/mol. The fourth-order valence-corrected chi connectivity index (χ4v) is 3.23.